The van der Waals surface area contributed by atoms with Crippen LogP contribution < -0.4 is 10.5 Å². The fourth-order valence-electron chi connectivity index (χ4n) is 1.45. The Morgan fingerprint density at radius 2 is 1.89 bits per heavy atom. The zero-order valence-electron chi connectivity index (χ0n) is 9.49. The molecule has 98 valence electrons. The van der Waals surface area contributed by atoms with Crippen molar-refractivity contribution in [2.24, 2.45) is 5.73 Å². The Morgan fingerprint density at radius 1 is 1.16 bits per heavy atom. The highest BCUT2D eigenvalue weighted by Gasteiger charge is 2.12. The molecule has 6 heteroatoms. The Balaban J connectivity index is 2.37. The summed E-state index contributed by atoms with van der Waals surface area (Å²) in [4.78, 5) is 11.2. The maximum atomic E-state index is 13.1. The number of ether oxygens (including phenoxy) is 1. The van der Waals surface area contributed by atoms with Gasteiger partial charge in [0.1, 0.15) is 23.1 Å². The van der Waals surface area contributed by atoms with Crippen molar-refractivity contribution in [3.05, 3.63) is 58.1 Å². The quantitative estimate of drug-likeness (QED) is 0.936. The number of hydrogen-bond donors (Lipinski definition) is 1. The zero-order chi connectivity index (χ0) is 14.0. The third-order valence-corrected chi connectivity index (χ3v) is 2.93. The zero-order valence-corrected chi connectivity index (χ0v) is 11.1. The summed E-state index contributed by atoms with van der Waals surface area (Å²) >= 11 is 3.01. The van der Waals surface area contributed by atoms with E-state index in [0.29, 0.717) is 5.75 Å². The molecule has 0 aliphatic rings. The molecule has 0 aliphatic carbocycles. The summed E-state index contributed by atoms with van der Waals surface area (Å²) in [5.74, 6) is -1.45. The van der Waals surface area contributed by atoms with Crippen LogP contribution in [-0.2, 0) is 0 Å². The van der Waals surface area contributed by atoms with Gasteiger partial charge in [-0.3, -0.25) is 4.79 Å². The van der Waals surface area contributed by atoms with Crippen LogP contribution in [0.3, 0.4) is 0 Å². The third-order valence-electron chi connectivity index (χ3n) is 2.33. The van der Waals surface area contributed by atoms with Crippen LogP contribution in [0.2, 0.25) is 0 Å². The van der Waals surface area contributed by atoms with E-state index in [1.165, 1.54) is 24.3 Å². The number of benzene rings is 2. The average Bonchev–Trinajstić information content (AvgIpc) is 2.36. The van der Waals surface area contributed by atoms with E-state index in [9.17, 15) is 13.6 Å². The summed E-state index contributed by atoms with van der Waals surface area (Å²) in [6.45, 7) is 0. The van der Waals surface area contributed by atoms with Crippen LogP contribution >= 0.6 is 15.9 Å². The van der Waals surface area contributed by atoms with Crippen LogP contribution in [-0.4, -0.2) is 5.91 Å². The molecule has 0 aromatic heterocycles. The van der Waals surface area contributed by atoms with Crippen LogP contribution in [0.4, 0.5) is 8.78 Å². The first-order valence-electron chi connectivity index (χ1n) is 5.19. The van der Waals surface area contributed by atoms with Gasteiger partial charge in [0.05, 0.1) is 10.0 Å². The van der Waals surface area contributed by atoms with Crippen molar-refractivity contribution in [3.8, 4) is 11.5 Å². The lowest BCUT2D eigenvalue weighted by atomic mass is 10.2. The Morgan fingerprint density at radius 3 is 2.53 bits per heavy atom. The lowest BCUT2D eigenvalue weighted by Gasteiger charge is -2.09. The molecule has 1 amide bonds. The van der Waals surface area contributed by atoms with E-state index in [1.54, 1.807) is 0 Å². The van der Waals surface area contributed by atoms with Crippen molar-refractivity contribution >= 4 is 21.8 Å². The van der Waals surface area contributed by atoms with Gasteiger partial charge < -0.3 is 10.5 Å². The van der Waals surface area contributed by atoms with Gasteiger partial charge in [-0.25, -0.2) is 8.78 Å². The molecule has 0 saturated heterocycles. The van der Waals surface area contributed by atoms with Crippen molar-refractivity contribution < 1.29 is 18.3 Å². The molecule has 0 radical (unpaired) electrons. The standard InChI is InChI=1S/C13H8BrF2NO2/c14-10-6-8(2-3-11(10)16)19-12-4-1-7(15)5-9(12)13(17)18/h1-6H,(H2,17,18). The molecule has 0 saturated carbocycles. The minimum atomic E-state index is -0.810. The van der Waals surface area contributed by atoms with Gasteiger partial charge >= 0.3 is 0 Å². The lowest BCUT2D eigenvalue weighted by molar-refractivity contribution is 0.0997. The summed E-state index contributed by atoms with van der Waals surface area (Å²) in [6.07, 6.45) is 0. The maximum Gasteiger partial charge on any atom is 0.252 e. The highest BCUT2D eigenvalue weighted by molar-refractivity contribution is 9.10. The van der Waals surface area contributed by atoms with Gasteiger partial charge in [-0.1, -0.05) is 0 Å². The number of amides is 1. The monoisotopic (exact) mass is 327 g/mol. The Kier molecular flexibility index (Phi) is 3.80. The van der Waals surface area contributed by atoms with Crippen molar-refractivity contribution in [2.45, 2.75) is 0 Å². The minimum absolute atomic E-state index is 0.0829. The number of hydrogen-bond acceptors (Lipinski definition) is 2. The summed E-state index contributed by atoms with van der Waals surface area (Å²) < 4.78 is 31.7. The van der Waals surface area contributed by atoms with E-state index in [4.69, 9.17) is 10.5 Å². The van der Waals surface area contributed by atoms with Crippen LogP contribution in [0, 0.1) is 11.6 Å². The van der Waals surface area contributed by atoms with Gasteiger partial charge in [-0.15, -0.1) is 0 Å². The second-order valence-corrected chi connectivity index (χ2v) is 4.54. The van der Waals surface area contributed by atoms with Crippen molar-refractivity contribution in [1.29, 1.82) is 0 Å². The van der Waals surface area contributed by atoms with Crippen molar-refractivity contribution in [2.75, 3.05) is 0 Å². The third kappa shape index (κ3) is 3.08. The lowest BCUT2D eigenvalue weighted by Crippen LogP contribution is -2.12. The summed E-state index contributed by atoms with van der Waals surface area (Å²) in [6, 6.07) is 7.38. The smallest absolute Gasteiger partial charge is 0.252 e. The molecule has 0 spiro atoms. The average molecular weight is 328 g/mol. The highest BCUT2D eigenvalue weighted by Crippen LogP contribution is 2.28. The first-order chi connectivity index (χ1) is 8.97. The van der Waals surface area contributed by atoms with Crippen LogP contribution in [0.1, 0.15) is 10.4 Å². The number of carbonyl (C=O) groups is 1. The predicted molar refractivity (Wildman–Crippen MR) is 69.1 cm³/mol. The Bertz CT molecular complexity index is 647. The fourth-order valence-corrected chi connectivity index (χ4v) is 1.81. The fraction of sp³-hybridized carbons (Fsp3) is 0. The molecule has 0 aliphatic heterocycles. The van der Waals surface area contributed by atoms with Gasteiger partial charge in [-0.2, -0.15) is 0 Å². The van der Waals surface area contributed by atoms with Crippen molar-refractivity contribution in [1.82, 2.24) is 0 Å². The summed E-state index contributed by atoms with van der Waals surface area (Å²) in [5.41, 5.74) is 5.05. The highest BCUT2D eigenvalue weighted by atomic mass is 79.9. The normalized spacial score (nSPS) is 10.3. The molecule has 2 aromatic rings. The first-order valence-corrected chi connectivity index (χ1v) is 5.99. The molecule has 2 aromatic carbocycles. The predicted octanol–water partition coefficient (Wildman–Crippen LogP) is 3.62. The van der Waals surface area contributed by atoms with E-state index in [-0.39, 0.29) is 15.8 Å². The van der Waals surface area contributed by atoms with Gasteiger partial charge in [0.2, 0.25) is 0 Å². The topological polar surface area (TPSA) is 52.3 Å². The largest absolute Gasteiger partial charge is 0.456 e. The van der Waals surface area contributed by atoms with E-state index in [1.807, 2.05) is 0 Å². The van der Waals surface area contributed by atoms with E-state index in [0.717, 1.165) is 12.1 Å². The van der Waals surface area contributed by atoms with E-state index in [2.05, 4.69) is 15.9 Å². The summed E-state index contributed by atoms with van der Waals surface area (Å²) in [5, 5.41) is 0. The molecule has 0 heterocycles. The van der Waals surface area contributed by atoms with Gasteiger partial charge in [0.25, 0.3) is 5.91 Å². The molecule has 2 rings (SSSR count). The number of carbonyl (C=O) groups excluding carboxylic acids is 1. The molecule has 2 N–H and O–H groups in total. The molecule has 0 fully saturated rings. The van der Waals surface area contributed by atoms with Gasteiger partial charge in [-0.05, 0) is 52.3 Å². The van der Waals surface area contributed by atoms with Gasteiger partial charge in [0, 0.05) is 0 Å². The van der Waals surface area contributed by atoms with Crippen molar-refractivity contribution in [3.63, 3.8) is 0 Å². The van der Waals surface area contributed by atoms with E-state index >= 15 is 0 Å². The number of halogens is 3. The van der Waals surface area contributed by atoms with Gasteiger partial charge in [0.15, 0.2) is 0 Å². The molecule has 0 atom stereocenters. The van der Waals surface area contributed by atoms with Crippen LogP contribution in [0.25, 0.3) is 0 Å². The van der Waals surface area contributed by atoms with Crippen LogP contribution in [0.5, 0.6) is 11.5 Å². The molecular formula is C13H8BrF2NO2. The number of nitrogens with two attached hydrogens (primary N) is 1. The molecule has 3 nitrogen and oxygen atoms in total. The second-order valence-electron chi connectivity index (χ2n) is 3.68. The molecule has 19 heavy (non-hydrogen) atoms. The SMILES string of the molecule is NC(=O)c1cc(F)ccc1Oc1ccc(F)c(Br)c1. The Labute approximate surface area is 116 Å². The van der Waals surface area contributed by atoms with E-state index < -0.39 is 17.5 Å². The second kappa shape index (κ2) is 5.36. The first kappa shape index (κ1) is 13.5. The molecule has 0 bridgehead atoms. The Hall–Kier alpha value is -1.95. The number of primary amides is 1. The summed E-state index contributed by atoms with van der Waals surface area (Å²) in [7, 11) is 0. The minimum Gasteiger partial charge on any atom is -0.456 e. The maximum absolute atomic E-state index is 13.1. The number of rotatable bonds is 3. The molecular weight excluding hydrogens is 320 g/mol. The van der Waals surface area contributed by atoms with Crippen LogP contribution in [0.15, 0.2) is 40.9 Å². The molecule has 0 unspecified atom stereocenters.